The maximum Gasteiger partial charge on any atom is 0.328 e. The van der Waals surface area contributed by atoms with Crippen LogP contribution in [0.5, 0.6) is 0 Å². The van der Waals surface area contributed by atoms with Crippen LogP contribution in [0.1, 0.15) is 6.42 Å². The van der Waals surface area contributed by atoms with Crippen molar-refractivity contribution in [1.82, 2.24) is 9.55 Å². The van der Waals surface area contributed by atoms with Crippen molar-refractivity contribution in [2.24, 2.45) is 5.14 Å². The van der Waals surface area contributed by atoms with Gasteiger partial charge in [0.1, 0.15) is 0 Å². The molecule has 0 fully saturated rings. The van der Waals surface area contributed by atoms with Crippen LogP contribution in [0.2, 0.25) is 0 Å². The molecule has 0 saturated carbocycles. The first-order valence-corrected chi connectivity index (χ1v) is 7.66. The number of nitrogens with two attached hydrogens (primary N) is 1. The zero-order chi connectivity index (χ0) is 13.1. The molecule has 0 aromatic carbocycles. The summed E-state index contributed by atoms with van der Waals surface area (Å²) in [6, 6.07) is 0. The third-order valence-corrected chi connectivity index (χ3v) is 3.63. The van der Waals surface area contributed by atoms with E-state index in [0.717, 1.165) is 16.5 Å². The Morgan fingerprint density at radius 1 is 1.47 bits per heavy atom. The van der Waals surface area contributed by atoms with Crippen molar-refractivity contribution in [3.63, 3.8) is 0 Å². The summed E-state index contributed by atoms with van der Waals surface area (Å²) >= 11 is 1.61. The van der Waals surface area contributed by atoms with Gasteiger partial charge in [0.05, 0.1) is 0 Å². The van der Waals surface area contributed by atoms with Crippen LogP contribution in [0.25, 0.3) is 0 Å². The van der Waals surface area contributed by atoms with Crippen LogP contribution in [-0.4, -0.2) is 30.0 Å². The fourth-order valence-electron chi connectivity index (χ4n) is 1.24. The fraction of sp³-hybridized carbons (Fsp3) is 0.500. The number of nitrogens with zero attached hydrogens (tertiary/aromatic N) is 1. The Kier molecular flexibility index (Phi) is 4.54. The van der Waals surface area contributed by atoms with Gasteiger partial charge in [0.25, 0.3) is 5.56 Å². The average molecular weight is 279 g/mol. The highest BCUT2D eigenvalue weighted by Crippen LogP contribution is 1.99. The van der Waals surface area contributed by atoms with Crippen LogP contribution in [0.3, 0.4) is 0 Å². The highest BCUT2D eigenvalue weighted by molar-refractivity contribution is 7.98. The second-order valence-corrected chi connectivity index (χ2v) is 5.85. The molecule has 1 aromatic rings. The van der Waals surface area contributed by atoms with Gasteiger partial charge in [-0.15, -0.1) is 0 Å². The largest absolute Gasteiger partial charge is 0.328 e. The normalized spacial score (nSPS) is 11.6. The van der Waals surface area contributed by atoms with E-state index in [1.165, 1.54) is 0 Å². The van der Waals surface area contributed by atoms with Gasteiger partial charge < -0.3 is 0 Å². The van der Waals surface area contributed by atoms with Gasteiger partial charge in [-0.3, -0.25) is 14.3 Å². The molecule has 1 aromatic heterocycles. The van der Waals surface area contributed by atoms with E-state index in [1.807, 2.05) is 11.2 Å². The molecule has 9 heteroatoms. The summed E-state index contributed by atoms with van der Waals surface area (Å²) in [5.74, 6) is 0.830. The van der Waals surface area contributed by atoms with Gasteiger partial charge in [-0.1, -0.05) is 0 Å². The van der Waals surface area contributed by atoms with Crippen LogP contribution in [0, 0.1) is 0 Å². The number of H-pyrrole nitrogens is 1. The summed E-state index contributed by atoms with van der Waals surface area (Å²) < 4.78 is 23.3. The van der Waals surface area contributed by atoms with E-state index < -0.39 is 26.2 Å². The van der Waals surface area contributed by atoms with Crippen LogP contribution in [-0.2, 0) is 16.6 Å². The lowest BCUT2D eigenvalue weighted by Gasteiger charge is -2.05. The van der Waals surface area contributed by atoms with Crippen LogP contribution in [0.15, 0.2) is 20.7 Å². The molecule has 0 unspecified atom stereocenters. The van der Waals surface area contributed by atoms with E-state index >= 15 is 0 Å². The quantitative estimate of drug-likeness (QED) is 0.666. The summed E-state index contributed by atoms with van der Waals surface area (Å²) in [4.78, 5) is 23.9. The third kappa shape index (κ3) is 3.72. The van der Waals surface area contributed by atoms with Gasteiger partial charge in [0, 0.05) is 12.7 Å². The number of nitrogens with one attached hydrogen (secondary N) is 1. The van der Waals surface area contributed by atoms with Crippen molar-refractivity contribution in [2.45, 2.75) is 17.9 Å². The standard InChI is InChI=1S/C8H13N3O4S2/c1-16-4-2-3-11-5-6(17(9,14)15)7(12)10-8(11)13/h5H,2-4H2,1H3,(H2,9,14,15)(H,10,12,13). The van der Waals surface area contributed by atoms with E-state index in [-0.39, 0.29) is 0 Å². The Labute approximate surface area is 102 Å². The summed E-state index contributed by atoms with van der Waals surface area (Å²) in [6.45, 7) is 0.332. The van der Waals surface area contributed by atoms with Crippen molar-refractivity contribution in [3.8, 4) is 0 Å². The fourth-order valence-corrected chi connectivity index (χ4v) is 2.24. The molecule has 96 valence electrons. The lowest BCUT2D eigenvalue weighted by atomic mass is 10.4. The molecule has 1 rings (SSSR count). The lowest BCUT2D eigenvalue weighted by molar-refractivity contribution is 0.584. The Balaban J connectivity index is 3.16. The summed E-state index contributed by atoms with van der Waals surface area (Å²) in [5, 5.41) is 4.86. The molecule has 17 heavy (non-hydrogen) atoms. The van der Waals surface area contributed by atoms with E-state index in [4.69, 9.17) is 5.14 Å². The number of hydrogen-bond acceptors (Lipinski definition) is 5. The van der Waals surface area contributed by atoms with Crippen molar-refractivity contribution < 1.29 is 8.42 Å². The molecular formula is C8H13N3O4S2. The molecule has 0 spiro atoms. The molecule has 0 bridgehead atoms. The first-order chi connectivity index (χ1) is 7.86. The molecular weight excluding hydrogens is 266 g/mol. The second-order valence-electron chi connectivity index (χ2n) is 3.34. The minimum atomic E-state index is -4.11. The number of aryl methyl sites for hydroxylation is 1. The van der Waals surface area contributed by atoms with Crippen molar-refractivity contribution in [3.05, 3.63) is 27.0 Å². The summed E-state index contributed by atoms with van der Waals surface area (Å²) in [6.07, 6.45) is 3.60. The zero-order valence-electron chi connectivity index (χ0n) is 9.17. The second kappa shape index (κ2) is 5.52. The molecule has 7 nitrogen and oxygen atoms in total. The van der Waals surface area contributed by atoms with Gasteiger partial charge in [-0.25, -0.2) is 18.4 Å². The van der Waals surface area contributed by atoms with Crippen molar-refractivity contribution in [2.75, 3.05) is 12.0 Å². The minimum absolute atomic E-state index is 0.332. The van der Waals surface area contributed by atoms with Crippen molar-refractivity contribution in [1.29, 1.82) is 0 Å². The van der Waals surface area contributed by atoms with Crippen LogP contribution < -0.4 is 16.4 Å². The predicted molar refractivity (Wildman–Crippen MR) is 65.7 cm³/mol. The smallest absolute Gasteiger partial charge is 0.299 e. The van der Waals surface area contributed by atoms with E-state index in [2.05, 4.69) is 0 Å². The Bertz CT molecular complexity index is 602. The number of aromatic nitrogens is 2. The van der Waals surface area contributed by atoms with Gasteiger partial charge >= 0.3 is 5.69 Å². The minimum Gasteiger partial charge on any atom is -0.299 e. The molecule has 0 radical (unpaired) electrons. The monoisotopic (exact) mass is 279 g/mol. The average Bonchev–Trinajstić information content (AvgIpc) is 2.19. The molecule has 1 heterocycles. The summed E-state index contributed by atoms with van der Waals surface area (Å²) in [5.41, 5.74) is -1.62. The highest BCUT2D eigenvalue weighted by atomic mass is 32.2. The number of hydrogen-bond donors (Lipinski definition) is 2. The predicted octanol–water partition coefficient (Wildman–Crippen LogP) is -1.06. The molecule has 0 saturated heterocycles. The maximum absolute atomic E-state index is 11.4. The van der Waals surface area contributed by atoms with E-state index in [0.29, 0.717) is 13.0 Å². The molecule has 3 N–H and O–H groups in total. The van der Waals surface area contributed by atoms with E-state index in [9.17, 15) is 18.0 Å². The molecule has 0 aliphatic heterocycles. The Morgan fingerprint density at radius 3 is 2.65 bits per heavy atom. The van der Waals surface area contributed by atoms with Gasteiger partial charge in [0.15, 0.2) is 4.90 Å². The van der Waals surface area contributed by atoms with Gasteiger partial charge in [-0.05, 0) is 18.4 Å². The zero-order valence-corrected chi connectivity index (χ0v) is 10.8. The van der Waals surface area contributed by atoms with E-state index in [1.54, 1.807) is 11.8 Å². The first-order valence-electron chi connectivity index (χ1n) is 4.72. The number of sulfonamides is 1. The highest BCUT2D eigenvalue weighted by Gasteiger charge is 2.15. The molecule has 0 atom stereocenters. The Morgan fingerprint density at radius 2 is 2.12 bits per heavy atom. The SMILES string of the molecule is CSCCCn1cc(S(N)(=O)=O)c(=O)[nH]c1=O. The number of aromatic amines is 1. The molecule has 0 aliphatic carbocycles. The van der Waals surface area contributed by atoms with Gasteiger partial charge in [-0.2, -0.15) is 11.8 Å². The lowest BCUT2D eigenvalue weighted by Crippen LogP contribution is -2.34. The number of primary sulfonamides is 1. The number of rotatable bonds is 5. The van der Waals surface area contributed by atoms with Crippen LogP contribution >= 0.6 is 11.8 Å². The van der Waals surface area contributed by atoms with Gasteiger partial charge in [0.2, 0.25) is 10.0 Å². The third-order valence-electron chi connectivity index (χ3n) is 2.03. The molecule has 0 amide bonds. The summed E-state index contributed by atoms with van der Waals surface area (Å²) in [7, 11) is -4.11. The van der Waals surface area contributed by atoms with Crippen molar-refractivity contribution >= 4 is 21.8 Å². The topological polar surface area (TPSA) is 115 Å². The van der Waals surface area contributed by atoms with Crippen LogP contribution in [0.4, 0.5) is 0 Å². The Hall–Kier alpha value is -1.06. The maximum atomic E-state index is 11.4. The first kappa shape index (κ1) is 14.0. The molecule has 0 aliphatic rings. The number of thioether (sulfide) groups is 1.